The van der Waals surface area contributed by atoms with Crippen molar-refractivity contribution in [3.8, 4) is 17.2 Å². The van der Waals surface area contributed by atoms with Crippen molar-refractivity contribution in [2.24, 2.45) is 0 Å². The quantitative estimate of drug-likeness (QED) is 0.561. The molecule has 0 N–H and O–H groups in total. The van der Waals surface area contributed by atoms with Crippen molar-refractivity contribution in [1.82, 2.24) is 0 Å². The molecule has 0 radical (unpaired) electrons. The number of hydrogen-bond donors (Lipinski definition) is 0. The minimum atomic E-state index is -0.0276. The van der Waals surface area contributed by atoms with Crippen molar-refractivity contribution in [3.05, 3.63) is 47.5 Å². The average molecular weight is 325 g/mol. The molecule has 0 spiro atoms. The van der Waals surface area contributed by atoms with Crippen LogP contribution in [0.3, 0.4) is 0 Å². The summed E-state index contributed by atoms with van der Waals surface area (Å²) in [6, 6.07) is 11.3. The third kappa shape index (κ3) is 4.75. The molecular weight excluding hydrogens is 306 g/mol. The van der Waals surface area contributed by atoms with E-state index in [0.717, 1.165) is 5.30 Å². The van der Waals surface area contributed by atoms with Gasteiger partial charge in [0.2, 0.25) is 0 Å². The van der Waals surface area contributed by atoms with E-state index in [9.17, 15) is 4.79 Å². The Hall–Kier alpha value is -1.46. The van der Waals surface area contributed by atoms with E-state index >= 15 is 0 Å². The summed E-state index contributed by atoms with van der Waals surface area (Å²) in [6.07, 6.45) is 0. The summed E-state index contributed by atoms with van der Waals surface area (Å²) in [5, 5.41) is 0.982. The second-order valence-electron chi connectivity index (χ2n) is 4.73. The molecule has 0 bridgehead atoms. The molecule has 2 rings (SSSR count). The van der Waals surface area contributed by atoms with Gasteiger partial charge in [-0.05, 0) is 20.8 Å². The maximum Gasteiger partial charge on any atom is 1.00 e. The Morgan fingerprint density at radius 2 is 1.43 bits per heavy atom. The van der Waals surface area contributed by atoms with E-state index in [2.05, 4.69) is 0 Å². The Kier molecular flexibility index (Phi) is 7.65. The molecule has 116 valence electrons. The van der Waals surface area contributed by atoms with E-state index in [-0.39, 0.29) is 33.0 Å². The predicted octanol–water partition coefficient (Wildman–Crippen LogP) is 0.169. The van der Waals surface area contributed by atoms with Crippen molar-refractivity contribution in [3.63, 3.8) is 0 Å². The van der Waals surface area contributed by atoms with E-state index in [1.54, 1.807) is 19.2 Å². The molecule has 0 heterocycles. The van der Waals surface area contributed by atoms with Crippen LogP contribution in [0.25, 0.3) is 0 Å². The molecular formula is C17H19LiO4P+. The summed E-state index contributed by atoms with van der Waals surface area (Å²) < 4.78 is 15.9. The van der Waals surface area contributed by atoms with Crippen LogP contribution in [-0.4, -0.2) is 26.9 Å². The molecule has 23 heavy (non-hydrogen) atoms. The van der Waals surface area contributed by atoms with E-state index in [4.69, 9.17) is 14.2 Å². The number of methoxy groups -OCH3 is 3. The monoisotopic (exact) mass is 325 g/mol. The van der Waals surface area contributed by atoms with E-state index in [0.29, 0.717) is 22.8 Å². The van der Waals surface area contributed by atoms with Crippen LogP contribution in [0.5, 0.6) is 17.2 Å². The van der Waals surface area contributed by atoms with Crippen LogP contribution >= 0.6 is 8.58 Å². The predicted molar refractivity (Wildman–Crippen MR) is 89.6 cm³/mol. The number of carbonyl (C=O) groups is 1. The topological polar surface area (TPSA) is 44.8 Å². The van der Waals surface area contributed by atoms with Gasteiger partial charge in [-0.2, -0.15) is 0 Å². The largest absolute Gasteiger partial charge is 1.00 e. The smallest absolute Gasteiger partial charge is 0.496 e. The van der Waals surface area contributed by atoms with E-state index in [1.807, 2.05) is 31.2 Å². The summed E-state index contributed by atoms with van der Waals surface area (Å²) in [5.74, 6) is 1.51. The first-order valence-corrected chi connectivity index (χ1v) is 7.77. The zero-order valence-corrected chi connectivity index (χ0v) is 15.1. The van der Waals surface area contributed by atoms with Crippen LogP contribution in [0.4, 0.5) is 0 Å². The molecule has 1 atom stereocenters. The molecule has 0 aromatic heterocycles. The van der Waals surface area contributed by atoms with Gasteiger partial charge in [0.15, 0.2) is 5.52 Å². The molecule has 0 saturated heterocycles. The van der Waals surface area contributed by atoms with Gasteiger partial charge in [-0.15, -0.1) is 0 Å². The Bertz CT molecular complexity index is 646. The van der Waals surface area contributed by atoms with Crippen molar-refractivity contribution in [1.29, 1.82) is 0 Å². The van der Waals surface area contributed by atoms with Crippen LogP contribution in [0, 0.1) is 6.92 Å². The first kappa shape index (κ1) is 19.6. The maximum absolute atomic E-state index is 12.7. The van der Waals surface area contributed by atoms with Gasteiger partial charge in [0, 0.05) is 12.1 Å². The molecule has 6 heteroatoms. The Morgan fingerprint density at radius 3 is 1.87 bits per heavy atom. The number of aryl methyl sites for hydroxylation is 1. The van der Waals surface area contributed by atoms with Crippen molar-refractivity contribution < 1.29 is 37.9 Å². The molecule has 0 aliphatic carbocycles. The zero-order chi connectivity index (χ0) is 16.1. The van der Waals surface area contributed by atoms with Crippen LogP contribution in [0.2, 0.25) is 0 Å². The fourth-order valence-corrected chi connectivity index (χ4v) is 3.03. The van der Waals surface area contributed by atoms with Crippen molar-refractivity contribution in [2.45, 2.75) is 6.92 Å². The standard InChI is InChI=1S/C17H19O4P.Li/c1-11-5-7-13(8-6-11)22-17(18)16-14(20-3)9-12(19-2)10-15(16)21-4;/h5-10,22H,1-4H3;/q;+1. The average Bonchev–Trinajstić information content (AvgIpc) is 2.55. The van der Waals surface area contributed by atoms with Gasteiger partial charge >= 0.3 is 18.9 Å². The Labute approximate surface area is 150 Å². The van der Waals surface area contributed by atoms with Crippen LogP contribution in [0.1, 0.15) is 15.9 Å². The van der Waals surface area contributed by atoms with Crippen molar-refractivity contribution in [2.75, 3.05) is 21.3 Å². The molecule has 4 nitrogen and oxygen atoms in total. The summed E-state index contributed by atoms with van der Waals surface area (Å²) in [5.41, 5.74) is 1.59. The summed E-state index contributed by atoms with van der Waals surface area (Å²) in [7, 11) is 4.62. The normalized spacial score (nSPS) is 10.3. The number of hydrogen-bond acceptors (Lipinski definition) is 4. The molecule has 0 fully saturated rings. The summed E-state index contributed by atoms with van der Waals surface area (Å²) in [4.78, 5) is 12.7. The zero-order valence-electron chi connectivity index (χ0n) is 14.1. The SMILES string of the molecule is COc1cc(OC)c(C(=O)Pc2ccc(C)cc2)c(OC)c1.[Li+]. The van der Waals surface area contributed by atoms with Crippen molar-refractivity contribution >= 4 is 19.4 Å². The van der Waals surface area contributed by atoms with Gasteiger partial charge in [-0.1, -0.05) is 29.8 Å². The third-order valence-electron chi connectivity index (χ3n) is 3.25. The van der Waals surface area contributed by atoms with Gasteiger partial charge < -0.3 is 14.2 Å². The summed E-state index contributed by atoms with van der Waals surface area (Å²) in [6.45, 7) is 2.02. The molecule has 0 saturated carbocycles. The Balaban J connectivity index is 0.00000264. The first-order chi connectivity index (χ1) is 10.6. The number of carbonyl (C=O) groups excluding carboxylic acids is 1. The van der Waals surface area contributed by atoms with Crippen LogP contribution in [0.15, 0.2) is 36.4 Å². The van der Waals surface area contributed by atoms with Gasteiger partial charge in [0.05, 0.1) is 21.3 Å². The van der Waals surface area contributed by atoms with Gasteiger partial charge in [-0.25, -0.2) is 0 Å². The Morgan fingerprint density at radius 1 is 0.913 bits per heavy atom. The fraction of sp³-hybridized carbons (Fsp3) is 0.235. The molecule has 2 aromatic rings. The maximum atomic E-state index is 12.7. The molecule has 0 aliphatic rings. The summed E-state index contributed by atoms with van der Waals surface area (Å²) >= 11 is 0. The number of rotatable bonds is 6. The van der Waals surface area contributed by atoms with Gasteiger partial charge in [0.25, 0.3) is 0 Å². The second-order valence-corrected chi connectivity index (χ2v) is 6.01. The van der Waals surface area contributed by atoms with Gasteiger partial charge in [-0.3, -0.25) is 4.79 Å². The van der Waals surface area contributed by atoms with Gasteiger partial charge in [0.1, 0.15) is 22.8 Å². The molecule has 2 aromatic carbocycles. The molecule has 0 amide bonds. The molecule has 0 aliphatic heterocycles. The number of ether oxygens (including phenoxy) is 3. The minimum absolute atomic E-state index is 0. The first-order valence-electron chi connectivity index (χ1n) is 6.77. The second kappa shape index (κ2) is 8.99. The fourth-order valence-electron chi connectivity index (χ4n) is 2.06. The van der Waals surface area contributed by atoms with Crippen LogP contribution in [-0.2, 0) is 0 Å². The van der Waals surface area contributed by atoms with Crippen LogP contribution < -0.4 is 38.4 Å². The number of benzene rings is 2. The van der Waals surface area contributed by atoms with E-state index < -0.39 is 0 Å². The minimum Gasteiger partial charge on any atom is -0.496 e. The molecule has 1 unspecified atom stereocenters. The van der Waals surface area contributed by atoms with E-state index in [1.165, 1.54) is 19.8 Å². The third-order valence-corrected chi connectivity index (χ3v) is 4.35.